The minimum atomic E-state index is 0.854. The van der Waals surface area contributed by atoms with E-state index in [1.807, 2.05) is 38.1 Å². The van der Waals surface area contributed by atoms with Crippen LogP contribution in [0.3, 0.4) is 0 Å². The van der Waals surface area contributed by atoms with Crippen molar-refractivity contribution in [3.05, 3.63) is 145 Å². The zero-order valence-corrected chi connectivity index (χ0v) is 23.7. The molecule has 0 saturated carbocycles. The van der Waals surface area contributed by atoms with Gasteiger partial charge in [0.05, 0.1) is 16.7 Å². The van der Waals surface area contributed by atoms with E-state index in [1.54, 1.807) is 0 Å². The summed E-state index contributed by atoms with van der Waals surface area (Å²) in [6.07, 6.45) is 4.27. The van der Waals surface area contributed by atoms with E-state index in [9.17, 15) is 0 Å². The molecular weight excluding hydrogens is 512 g/mol. The number of fused-ring (bicyclic) bond motifs is 5. The predicted molar refractivity (Wildman–Crippen MR) is 176 cm³/mol. The second kappa shape index (κ2) is 10.9. The Hall–Kier alpha value is -5.41. The van der Waals surface area contributed by atoms with Gasteiger partial charge in [0.15, 0.2) is 0 Å². The van der Waals surface area contributed by atoms with Crippen LogP contribution in [0.5, 0.6) is 11.5 Å². The molecule has 0 fully saturated rings. The van der Waals surface area contributed by atoms with Gasteiger partial charge >= 0.3 is 0 Å². The number of pyridine rings is 1. The number of hydrogen-bond donors (Lipinski definition) is 0. The summed E-state index contributed by atoms with van der Waals surface area (Å²) in [5, 5.41) is 2.30. The fraction of sp³-hybridized carbons (Fsp3) is 0.0513. The van der Waals surface area contributed by atoms with Crippen LogP contribution in [0.2, 0.25) is 0 Å². The highest BCUT2D eigenvalue weighted by molar-refractivity contribution is 6.10. The van der Waals surface area contributed by atoms with Gasteiger partial charge in [-0.3, -0.25) is 4.57 Å². The summed E-state index contributed by atoms with van der Waals surface area (Å²) < 4.78 is 8.73. The van der Waals surface area contributed by atoms with Crippen LogP contribution in [0, 0.1) is 0 Å². The summed E-state index contributed by atoms with van der Waals surface area (Å²) in [5.74, 6) is 2.60. The summed E-state index contributed by atoms with van der Waals surface area (Å²) >= 11 is 0. The van der Waals surface area contributed by atoms with E-state index < -0.39 is 0 Å². The van der Waals surface area contributed by atoms with Crippen molar-refractivity contribution in [2.24, 2.45) is 0 Å². The molecule has 2 aromatic heterocycles. The van der Waals surface area contributed by atoms with Gasteiger partial charge in [0, 0.05) is 27.5 Å². The van der Waals surface area contributed by atoms with Crippen LogP contribution in [-0.4, -0.2) is 9.55 Å². The van der Waals surface area contributed by atoms with Gasteiger partial charge in [0.2, 0.25) is 0 Å². The third-order valence-corrected chi connectivity index (χ3v) is 7.60. The molecule has 202 valence electrons. The Balaban J connectivity index is 0.00000141. The van der Waals surface area contributed by atoms with Gasteiger partial charge in [-0.25, -0.2) is 4.98 Å². The Labute approximate surface area is 246 Å². The minimum Gasteiger partial charge on any atom is -0.456 e. The third kappa shape index (κ3) is 4.46. The zero-order valence-electron chi connectivity index (χ0n) is 23.7. The summed E-state index contributed by atoms with van der Waals surface area (Å²) in [6, 6.07) is 46.4. The normalized spacial score (nSPS) is 11.7. The molecule has 3 nitrogen and oxygen atoms in total. The maximum Gasteiger partial charge on any atom is 0.138 e. The first-order chi connectivity index (χ1) is 20.8. The van der Waals surface area contributed by atoms with Crippen molar-refractivity contribution >= 4 is 34.0 Å². The van der Waals surface area contributed by atoms with Crippen LogP contribution in [0.4, 0.5) is 0 Å². The average Bonchev–Trinajstić information content (AvgIpc) is 3.26. The number of benzene rings is 5. The summed E-state index contributed by atoms with van der Waals surface area (Å²) in [4.78, 5) is 5.25. The monoisotopic (exact) mass is 542 g/mol. The van der Waals surface area contributed by atoms with Crippen molar-refractivity contribution in [2.75, 3.05) is 0 Å². The molecule has 0 unspecified atom stereocenters. The molecule has 0 N–H and O–H groups in total. The van der Waals surface area contributed by atoms with E-state index in [0.29, 0.717) is 0 Å². The second-order valence-corrected chi connectivity index (χ2v) is 10.1. The predicted octanol–water partition coefficient (Wildman–Crippen LogP) is 10.8. The van der Waals surface area contributed by atoms with E-state index in [-0.39, 0.29) is 0 Å². The number of hydrogen-bond acceptors (Lipinski definition) is 2. The summed E-state index contributed by atoms with van der Waals surface area (Å²) in [6.45, 7) is 4.00. The lowest BCUT2D eigenvalue weighted by molar-refractivity contribution is 0.482. The lowest BCUT2D eigenvalue weighted by atomic mass is 10.0. The van der Waals surface area contributed by atoms with E-state index in [4.69, 9.17) is 9.72 Å². The Morgan fingerprint density at radius 1 is 0.500 bits per heavy atom. The molecule has 0 spiro atoms. The second-order valence-electron chi connectivity index (χ2n) is 10.1. The van der Waals surface area contributed by atoms with Crippen molar-refractivity contribution in [3.8, 4) is 39.7 Å². The first-order valence-corrected chi connectivity index (χ1v) is 14.5. The SMILES string of the molecule is C1=Cc2cc3c(cc2Oc2ccccc21)c1ccccc1n3-c1cc(-c2ccccc2)cc(-c2ccccc2)n1.CC. The number of nitrogens with zero attached hydrogens (tertiary/aromatic N) is 2. The van der Waals surface area contributed by atoms with Gasteiger partial charge in [-0.05, 0) is 47.5 Å². The van der Waals surface area contributed by atoms with Crippen LogP contribution in [0.25, 0.3) is 62.2 Å². The molecule has 0 radical (unpaired) electrons. The molecule has 0 atom stereocenters. The largest absolute Gasteiger partial charge is 0.456 e. The van der Waals surface area contributed by atoms with Gasteiger partial charge in [-0.2, -0.15) is 0 Å². The van der Waals surface area contributed by atoms with Crippen molar-refractivity contribution in [2.45, 2.75) is 13.8 Å². The van der Waals surface area contributed by atoms with Crippen molar-refractivity contribution < 1.29 is 4.74 Å². The summed E-state index contributed by atoms with van der Waals surface area (Å²) in [5.41, 5.74) is 8.63. The topological polar surface area (TPSA) is 27.1 Å². The number of ether oxygens (including phenoxy) is 1. The molecule has 0 aliphatic carbocycles. The van der Waals surface area contributed by atoms with Crippen LogP contribution in [0.15, 0.2) is 133 Å². The van der Waals surface area contributed by atoms with Gasteiger partial charge < -0.3 is 4.74 Å². The smallest absolute Gasteiger partial charge is 0.138 e. The zero-order chi connectivity index (χ0) is 28.5. The van der Waals surface area contributed by atoms with Gasteiger partial charge in [0.1, 0.15) is 17.3 Å². The number of rotatable bonds is 3. The number of para-hydroxylation sites is 2. The van der Waals surface area contributed by atoms with Gasteiger partial charge in [0.25, 0.3) is 0 Å². The van der Waals surface area contributed by atoms with E-state index in [0.717, 1.165) is 67.2 Å². The number of aromatic nitrogens is 2. The lowest BCUT2D eigenvalue weighted by Crippen LogP contribution is -2.00. The van der Waals surface area contributed by atoms with Gasteiger partial charge in [-0.1, -0.05) is 123 Å². The van der Waals surface area contributed by atoms with Crippen LogP contribution in [-0.2, 0) is 0 Å². The van der Waals surface area contributed by atoms with E-state index in [2.05, 4.69) is 126 Å². The molecule has 8 rings (SSSR count). The molecule has 1 aliphatic rings. The van der Waals surface area contributed by atoms with Crippen LogP contribution >= 0.6 is 0 Å². The highest BCUT2D eigenvalue weighted by atomic mass is 16.5. The first-order valence-electron chi connectivity index (χ1n) is 14.5. The molecule has 0 saturated heterocycles. The molecule has 5 aromatic carbocycles. The van der Waals surface area contributed by atoms with E-state index >= 15 is 0 Å². The Morgan fingerprint density at radius 3 is 1.98 bits per heavy atom. The molecular formula is C39H30N2O. The highest BCUT2D eigenvalue weighted by Crippen LogP contribution is 2.41. The maximum atomic E-state index is 6.44. The third-order valence-electron chi connectivity index (χ3n) is 7.60. The molecule has 0 bridgehead atoms. The van der Waals surface area contributed by atoms with Gasteiger partial charge in [-0.15, -0.1) is 0 Å². The molecule has 3 heteroatoms. The summed E-state index contributed by atoms with van der Waals surface area (Å²) in [7, 11) is 0. The maximum absolute atomic E-state index is 6.44. The van der Waals surface area contributed by atoms with Crippen molar-refractivity contribution in [3.63, 3.8) is 0 Å². The lowest BCUT2D eigenvalue weighted by Gasteiger charge is -2.14. The standard InChI is InChI=1S/C37H24N2O.C2H6/c1-3-11-25(12-4-1)29-21-32(26-13-5-2-6-14-26)38-37(23-29)39-33-17-9-8-16-30(33)31-24-36-28(22-34(31)39)20-19-27-15-7-10-18-35(27)40-36;1-2/h1-24H;1-2H3. The molecule has 3 heterocycles. The highest BCUT2D eigenvalue weighted by Gasteiger charge is 2.19. The Kier molecular flexibility index (Phi) is 6.61. The van der Waals surface area contributed by atoms with Crippen LogP contribution < -0.4 is 4.74 Å². The minimum absolute atomic E-state index is 0.854. The molecule has 7 aromatic rings. The van der Waals surface area contributed by atoms with Crippen molar-refractivity contribution in [1.82, 2.24) is 9.55 Å². The Morgan fingerprint density at radius 2 is 1.17 bits per heavy atom. The van der Waals surface area contributed by atoms with E-state index in [1.165, 1.54) is 5.39 Å². The quantitative estimate of drug-likeness (QED) is 0.222. The fourth-order valence-electron chi connectivity index (χ4n) is 5.67. The Bertz CT molecular complexity index is 2010. The first kappa shape index (κ1) is 25.6. The van der Waals surface area contributed by atoms with Crippen LogP contribution in [0.1, 0.15) is 25.0 Å². The molecule has 1 aliphatic heterocycles. The average molecular weight is 543 g/mol. The molecule has 0 amide bonds. The molecule has 42 heavy (non-hydrogen) atoms. The fourth-order valence-corrected chi connectivity index (χ4v) is 5.67. The van der Waals surface area contributed by atoms with Crippen molar-refractivity contribution in [1.29, 1.82) is 0 Å².